The van der Waals surface area contributed by atoms with Crippen LogP contribution in [0.25, 0.3) is 5.57 Å². The van der Waals surface area contributed by atoms with E-state index in [9.17, 15) is 0 Å². The first-order valence-corrected chi connectivity index (χ1v) is 15.7. The van der Waals surface area contributed by atoms with Crippen LogP contribution in [0.4, 0.5) is 5.69 Å². The number of fused-ring (bicyclic) bond motifs is 1. The zero-order chi connectivity index (χ0) is 29.9. The van der Waals surface area contributed by atoms with Gasteiger partial charge in [-0.25, -0.2) is 0 Å². The minimum atomic E-state index is -0.137. The van der Waals surface area contributed by atoms with Gasteiger partial charge in [0.1, 0.15) is 0 Å². The number of allylic oxidation sites excluding steroid dienone is 9. The van der Waals surface area contributed by atoms with Crippen molar-refractivity contribution in [2.75, 3.05) is 11.4 Å². The summed E-state index contributed by atoms with van der Waals surface area (Å²) in [4.78, 5) is 2.56. The Hall–Kier alpha value is -3.84. The second-order valence-electron chi connectivity index (χ2n) is 13.0. The van der Waals surface area contributed by atoms with Gasteiger partial charge in [0, 0.05) is 28.8 Å². The molecule has 42 heavy (non-hydrogen) atoms. The molecule has 1 nitrogen and oxygen atoms in total. The number of para-hydroxylation sites is 1. The normalized spacial score (nSPS) is 18.5. The highest BCUT2D eigenvalue weighted by atomic mass is 15.2. The lowest BCUT2D eigenvalue weighted by molar-refractivity contribution is 0.624. The van der Waals surface area contributed by atoms with Crippen LogP contribution in [0.3, 0.4) is 0 Å². The van der Waals surface area contributed by atoms with Gasteiger partial charge in [0.25, 0.3) is 0 Å². The fraction of sp³-hybridized carbons (Fsp3) is 0.317. The number of rotatable bonds is 9. The maximum atomic E-state index is 4.54. The van der Waals surface area contributed by atoms with E-state index in [2.05, 4.69) is 156 Å². The van der Waals surface area contributed by atoms with E-state index >= 15 is 0 Å². The molecule has 0 bridgehead atoms. The summed E-state index contributed by atoms with van der Waals surface area (Å²) in [6.07, 6.45) is 13.9. The van der Waals surface area contributed by atoms with Crippen LogP contribution in [0.5, 0.6) is 0 Å². The average Bonchev–Trinajstić information content (AvgIpc) is 3.49. The Balaban J connectivity index is 1.53. The average molecular weight is 554 g/mol. The predicted octanol–water partition coefficient (Wildman–Crippen LogP) is 11.0. The van der Waals surface area contributed by atoms with E-state index < -0.39 is 0 Å². The number of unbranched alkanes of at least 4 members (excludes halogenated alkanes) is 1. The molecule has 5 rings (SSSR count). The van der Waals surface area contributed by atoms with Gasteiger partial charge in [-0.15, -0.1) is 0 Å². The molecule has 0 saturated carbocycles. The number of benzene rings is 3. The first-order chi connectivity index (χ1) is 20.2. The summed E-state index contributed by atoms with van der Waals surface area (Å²) in [5.41, 5.74) is 13.3. The van der Waals surface area contributed by atoms with Crippen LogP contribution in [0.15, 0.2) is 132 Å². The molecule has 216 valence electrons. The van der Waals surface area contributed by atoms with Crippen LogP contribution in [-0.2, 0) is 10.8 Å². The van der Waals surface area contributed by atoms with Gasteiger partial charge in [0.15, 0.2) is 0 Å². The molecule has 0 saturated heterocycles. The molecule has 0 fully saturated rings. The lowest BCUT2D eigenvalue weighted by Crippen LogP contribution is -2.26. The lowest BCUT2D eigenvalue weighted by Gasteiger charge is -2.28. The molecule has 0 spiro atoms. The smallest absolute Gasteiger partial charge is 0.0450 e. The molecule has 0 atom stereocenters. The van der Waals surface area contributed by atoms with Gasteiger partial charge >= 0.3 is 0 Å². The van der Waals surface area contributed by atoms with E-state index in [-0.39, 0.29) is 10.8 Å². The molecule has 0 radical (unpaired) electrons. The third-order valence-electron chi connectivity index (χ3n) is 9.45. The number of hydrogen-bond donors (Lipinski definition) is 0. The third-order valence-corrected chi connectivity index (χ3v) is 9.45. The molecule has 3 aromatic rings. The van der Waals surface area contributed by atoms with Crippen molar-refractivity contribution in [2.24, 2.45) is 0 Å². The van der Waals surface area contributed by atoms with E-state index in [0.717, 1.165) is 25.0 Å². The van der Waals surface area contributed by atoms with Crippen LogP contribution >= 0.6 is 0 Å². The Bertz CT molecular complexity index is 1570. The van der Waals surface area contributed by atoms with Gasteiger partial charge in [0.05, 0.1) is 0 Å². The first kappa shape index (κ1) is 29.6. The molecule has 0 N–H and O–H groups in total. The molecule has 3 aromatic carbocycles. The van der Waals surface area contributed by atoms with Gasteiger partial charge < -0.3 is 4.90 Å². The Morgan fingerprint density at radius 3 is 2.33 bits per heavy atom. The second-order valence-corrected chi connectivity index (χ2v) is 13.0. The number of aryl methyl sites for hydroxylation is 1. The van der Waals surface area contributed by atoms with Crippen molar-refractivity contribution in [1.29, 1.82) is 0 Å². The molecule has 0 amide bonds. The zero-order valence-corrected chi connectivity index (χ0v) is 26.5. The third kappa shape index (κ3) is 5.62. The molecule has 1 heterocycles. The van der Waals surface area contributed by atoms with E-state index in [1.807, 2.05) is 0 Å². The monoisotopic (exact) mass is 553 g/mol. The van der Waals surface area contributed by atoms with Crippen molar-refractivity contribution in [3.05, 3.63) is 154 Å². The summed E-state index contributed by atoms with van der Waals surface area (Å²) >= 11 is 0. The lowest BCUT2D eigenvalue weighted by atomic mass is 9.76. The summed E-state index contributed by atoms with van der Waals surface area (Å²) in [7, 11) is 0. The quantitative estimate of drug-likeness (QED) is 0.238. The minimum Gasteiger partial charge on any atom is -0.344 e. The summed E-state index contributed by atoms with van der Waals surface area (Å²) in [5, 5.41) is 0. The molecule has 2 aliphatic rings. The number of nitrogens with zero attached hydrogens (tertiary/aromatic N) is 1. The van der Waals surface area contributed by atoms with Gasteiger partial charge in [-0.3, -0.25) is 0 Å². The second kappa shape index (κ2) is 12.2. The number of hydrogen-bond acceptors (Lipinski definition) is 1. The number of anilines is 1. The molecular weight excluding hydrogens is 506 g/mol. The van der Waals surface area contributed by atoms with E-state index in [1.54, 1.807) is 0 Å². The topological polar surface area (TPSA) is 3.24 Å². The van der Waals surface area contributed by atoms with Crippen molar-refractivity contribution in [3.8, 4) is 0 Å². The molecule has 0 aromatic heterocycles. The molecule has 0 unspecified atom stereocenters. The van der Waals surface area contributed by atoms with Crippen LogP contribution in [0.1, 0.15) is 82.6 Å². The highest BCUT2D eigenvalue weighted by Crippen LogP contribution is 2.48. The van der Waals surface area contributed by atoms with Crippen LogP contribution < -0.4 is 4.90 Å². The minimum absolute atomic E-state index is 0.0295. The summed E-state index contributed by atoms with van der Waals surface area (Å²) in [5.74, 6) is 0. The summed E-state index contributed by atoms with van der Waals surface area (Å²) in [6, 6.07) is 28.6. The zero-order valence-electron chi connectivity index (χ0n) is 26.5. The highest BCUT2D eigenvalue weighted by Gasteiger charge is 2.39. The van der Waals surface area contributed by atoms with Gasteiger partial charge in [0.2, 0.25) is 0 Å². The van der Waals surface area contributed by atoms with Crippen LogP contribution in [-0.4, -0.2) is 6.54 Å². The van der Waals surface area contributed by atoms with Crippen LogP contribution in [0.2, 0.25) is 0 Å². The fourth-order valence-electron chi connectivity index (χ4n) is 6.77. The van der Waals surface area contributed by atoms with E-state index in [4.69, 9.17) is 0 Å². The fourth-order valence-corrected chi connectivity index (χ4v) is 6.77. The Morgan fingerprint density at radius 2 is 1.60 bits per heavy atom. The van der Waals surface area contributed by atoms with E-state index in [1.165, 1.54) is 63.2 Å². The predicted molar refractivity (Wildman–Crippen MR) is 183 cm³/mol. The highest BCUT2D eigenvalue weighted by molar-refractivity contribution is 5.86. The van der Waals surface area contributed by atoms with Crippen molar-refractivity contribution < 1.29 is 0 Å². The van der Waals surface area contributed by atoms with Gasteiger partial charge in [-0.2, -0.15) is 0 Å². The maximum Gasteiger partial charge on any atom is 0.0450 e. The SMILES string of the molecule is C=C(/C=C/C1=C(c2ccccc2)C(=C/C=C2/N(CCCC)c3ccccc3C2(C)C)/CC1)C(C)(C)c1ccccc1C. The Kier molecular flexibility index (Phi) is 8.60. The molecule has 1 aliphatic heterocycles. The molecule has 1 aliphatic carbocycles. The Labute approximate surface area is 254 Å². The summed E-state index contributed by atoms with van der Waals surface area (Å²) < 4.78 is 0. The Morgan fingerprint density at radius 1 is 0.905 bits per heavy atom. The standard InChI is InChI=1S/C41H47N/c1-8-9-29-42-37-22-16-15-21-36(37)41(6,7)38(42)28-27-34-26-25-33(39(34)32-18-11-10-12-19-32)24-23-31(3)40(4,5)35-20-14-13-17-30(35)2/h10-24,27-28H,3,8-9,25-26,29H2,1-2,4-7H3/b24-23+,34-27+,38-28+. The first-order valence-electron chi connectivity index (χ1n) is 15.7. The van der Waals surface area contributed by atoms with Crippen molar-refractivity contribution >= 4 is 11.3 Å². The van der Waals surface area contributed by atoms with E-state index in [0.29, 0.717) is 0 Å². The van der Waals surface area contributed by atoms with Crippen LogP contribution in [0, 0.1) is 6.92 Å². The van der Waals surface area contributed by atoms with Crippen molar-refractivity contribution in [2.45, 2.75) is 78.1 Å². The van der Waals surface area contributed by atoms with Gasteiger partial charge in [-0.05, 0) is 82.9 Å². The van der Waals surface area contributed by atoms with Crippen molar-refractivity contribution in [3.63, 3.8) is 0 Å². The van der Waals surface area contributed by atoms with Crippen molar-refractivity contribution in [1.82, 2.24) is 0 Å². The molecule has 1 heteroatoms. The van der Waals surface area contributed by atoms with Gasteiger partial charge in [-0.1, -0.05) is 139 Å². The maximum absolute atomic E-state index is 4.54. The largest absolute Gasteiger partial charge is 0.344 e. The molecular formula is C41H47N. The summed E-state index contributed by atoms with van der Waals surface area (Å²) in [6.45, 7) is 19.4.